The molecule has 4 heteroatoms. The normalized spacial score (nSPS) is 11.0. The molecule has 0 saturated heterocycles. The predicted molar refractivity (Wildman–Crippen MR) is 122 cm³/mol. The van der Waals surface area contributed by atoms with Crippen LogP contribution in [0.4, 0.5) is 4.39 Å². The van der Waals surface area contributed by atoms with Crippen LogP contribution in [0.3, 0.4) is 0 Å². The van der Waals surface area contributed by atoms with Crippen LogP contribution in [0.1, 0.15) is 16.7 Å². The Balaban J connectivity index is 1.48. The lowest BCUT2D eigenvalue weighted by atomic mass is 10.0. The number of ether oxygens (including phenoxy) is 1. The summed E-state index contributed by atoms with van der Waals surface area (Å²) < 4.78 is 19.2. The molecule has 1 N–H and O–H groups in total. The maximum absolute atomic E-state index is 13.1. The van der Waals surface area contributed by atoms with Crippen molar-refractivity contribution in [2.45, 2.75) is 19.6 Å². The largest absolute Gasteiger partial charge is 0.488 e. The standard InChI is InChI=1S/C26H23ClFNO/c27-25-8-4-2-6-21(25)18-30-26-14-11-20-5-1-3-7-23(20)24(26)17-29-16-15-19-9-12-22(28)13-10-19/h1-14,29H,15-18H2. The van der Waals surface area contributed by atoms with E-state index in [-0.39, 0.29) is 5.82 Å². The zero-order chi connectivity index (χ0) is 20.8. The molecule has 0 amide bonds. The molecule has 2 nitrogen and oxygen atoms in total. The van der Waals surface area contributed by atoms with Crippen molar-refractivity contribution in [3.05, 3.63) is 112 Å². The van der Waals surface area contributed by atoms with Gasteiger partial charge in [0.2, 0.25) is 0 Å². The molecule has 0 spiro atoms. The van der Waals surface area contributed by atoms with Gasteiger partial charge in [-0.05, 0) is 53.6 Å². The molecule has 0 aromatic heterocycles. The third kappa shape index (κ3) is 4.99. The predicted octanol–water partition coefficient (Wildman–Crippen LogP) is 6.54. The van der Waals surface area contributed by atoms with Gasteiger partial charge in [0, 0.05) is 22.7 Å². The first-order valence-corrected chi connectivity index (χ1v) is 10.4. The Morgan fingerprint density at radius 3 is 2.43 bits per heavy atom. The van der Waals surface area contributed by atoms with Gasteiger partial charge in [0.25, 0.3) is 0 Å². The lowest BCUT2D eigenvalue weighted by Gasteiger charge is -2.16. The number of nitrogens with one attached hydrogen (secondary N) is 1. The van der Waals surface area contributed by atoms with Gasteiger partial charge >= 0.3 is 0 Å². The summed E-state index contributed by atoms with van der Waals surface area (Å²) in [5.41, 5.74) is 3.19. The summed E-state index contributed by atoms with van der Waals surface area (Å²) in [5, 5.41) is 6.56. The van der Waals surface area contributed by atoms with Crippen LogP contribution in [0.15, 0.2) is 84.9 Å². The van der Waals surface area contributed by atoms with E-state index < -0.39 is 0 Å². The van der Waals surface area contributed by atoms with E-state index in [1.807, 2.05) is 54.6 Å². The minimum atomic E-state index is -0.206. The molecule has 4 aromatic rings. The first-order valence-electron chi connectivity index (χ1n) is 10.0. The zero-order valence-electron chi connectivity index (χ0n) is 16.6. The fourth-order valence-corrected chi connectivity index (χ4v) is 3.69. The van der Waals surface area contributed by atoms with Crippen molar-refractivity contribution in [2.24, 2.45) is 0 Å². The summed E-state index contributed by atoms with van der Waals surface area (Å²) in [6.45, 7) is 1.89. The first kappa shape index (κ1) is 20.4. The van der Waals surface area contributed by atoms with Crippen molar-refractivity contribution >= 4 is 22.4 Å². The van der Waals surface area contributed by atoms with Crippen LogP contribution in [-0.4, -0.2) is 6.54 Å². The summed E-state index contributed by atoms with van der Waals surface area (Å²) >= 11 is 6.28. The van der Waals surface area contributed by atoms with E-state index in [1.54, 1.807) is 0 Å². The van der Waals surface area contributed by atoms with E-state index in [0.717, 1.165) is 35.4 Å². The van der Waals surface area contributed by atoms with Crippen LogP contribution in [0.5, 0.6) is 5.75 Å². The topological polar surface area (TPSA) is 21.3 Å². The van der Waals surface area contributed by atoms with Crippen LogP contribution in [0.25, 0.3) is 10.8 Å². The monoisotopic (exact) mass is 419 g/mol. The molecule has 0 fully saturated rings. The Bertz CT molecular complexity index is 1130. The summed E-state index contributed by atoms with van der Waals surface area (Å²) in [6, 6.07) is 26.8. The lowest BCUT2D eigenvalue weighted by Crippen LogP contribution is -2.17. The minimum absolute atomic E-state index is 0.206. The number of hydrogen-bond donors (Lipinski definition) is 1. The molecule has 4 rings (SSSR count). The van der Waals surface area contributed by atoms with E-state index in [4.69, 9.17) is 16.3 Å². The summed E-state index contributed by atoms with van der Waals surface area (Å²) in [6.07, 6.45) is 0.834. The van der Waals surface area contributed by atoms with Crippen LogP contribution >= 0.6 is 11.6 Å². The van der Waals surface area contributed by atoms with Crippen LogP contribution < -0.4 is 10.1 Å². The number of hydrogen-bond acceptors (Lipinski definition) is 2. The van der Waals surface area contributed by atoms with Gasteiger partial charge in [-0.25, -0.2) is 4.39 Å². The smallest absolute Gasteiger partial charge is 0.124 e. The molecule has 0 atom stereocenters. The molecule has 0 aliphatic carbocycles. The molecule has 152 valence electrons. The van der Waals surface area contributed by atoms with Gasteiger partial charge in [0.15, 0.2) is 0 Å². The number of fused-ring (bicyclic) bond motifs is 1. The third-order valence-corrected chi connectivity index (χ3v) is 5.51. The second-order valence-corrected chi connectivity index (χ2v) is 7.60. The van der Waals surface area contributed by atoms with E-state index >= 15 is 0 Å². The molecule has 0 radical (unpaired) electrons. The molecule has 0 aliphatic heterocycles. The maximum Gasteiger partial charge on any atom is 0.124 e. The van der Waals surface area contributed by atoms with Gasteiger partial charge in [-0.15, -0.1) is 0 Å². The average molecular weight is 420 g/mol. The number of halogens is 2. The fraction of sp³-hybridized carbons (Fsp3) is 0.154. The molecule has 4 aromatic carbocycles. The van der Waals surface area contributed by atoms with Crippen molar-refractivity contribution in [3.63, 3.8) is 0 Å². The second kappa shape index (κ2) is 9.75. The molecular weight excluding hydrogens is 397 g/mol. The Kier molecular flexibility index (Phi) is 6.63. The molecular formula is C26H23ClFNO. The van der Waals surface area contributed by atoms with Crippen LogP contribution in [0.2, 0.25) is 5.02 Å². The fourth-order valence-electron chi connectivity index (χ4n) is 3.50. The van der Waals surface area contributed by atoms with Crippen molar-refractivity contribution in [2.75, 3.05) is 6.54 Å². The highest BCUT2D eigenvalue weighted by Gasteiger charge is 2.10. The molecule has 0 unspecified atom stereocenters. The van der Waals surface area contributed by atoms with Gasteiger partial charge < -0.3 is 10.1 Å². The zero-order valence-corrected chi connectivity index (χ0v) is 17.3. The summed E-state index contributed by atoms with van der Waals surface area (Å²) in [7, 11) is 0. The molecule has 0 heterocycles. The average Bonchev–Trinajstić information content (AvgIpc) is 2.78. The Morgan fingerprint density at radius 2 is 1.60 bits per heavy atom. The van der Waals surface area contributed by atoms with Gasteiger partial charge in [0.05, 0.1) is 0 Å². The van der Waals surface area contributed by atoms with Crippen LogP contribution in [-0.2, 0) is 19.6 Å². The van der Waals surface area contributed by atoms with Crippen molar-refractivity contribution in [3.8, 4) is 5.75 Å². The van der Waals surface area contributed by atoms with E-state index in [2.05, 4.69) is 23.5 Å². The van der Waals surface area contributed by atoms with Gasteiger partial charge in [-0.2, -0.15) is 0 Å². The van der Waals surface area contributed by atoms with Gasteiger partial charge in [-0.1, -0.05) is 72.3 Å². The highest BCUT2D eigenvalue weighted by atomic mass is 35.5. The Hall–Kier alpha value is -2.88. The van der Waals surface area contributed by atoms with Crippen molar-refractivity contribution in [1.29, 1.82) is 0 Å². The lowest BCUT2D eigenvalue weighted by molar-refractivity contribution is 0.303. The van der Waals surface area contributed by atoms with Gasteiger partial charge in [-0.3, -0.25) is 0 Å². The summed E-state index contributed by atoms with van der Waals surface area (Å²) in [4.78, 5) is 0. The third-order valence-electron chi connectivity index (χ3n) is 5.14. The van der Waals surface area contributed by atoms with Gasteiger partial charge in [0.1, 0.15) is 18.2 Å². The SMILES string of the molecule is Fc1ccc(CCNCc2c(OCc3ccccc3Cl)ccc3ccccc23)cc1. The van der Waals surface area contributed by atoms with E-state index in [0.29, 0.717) is 18.2 Å². The number of rotatable bonds is 8. The Morgan fingerprint density at radius 1 is 0.833 bits per heavy atom. The first-order chi connectivity index (χ1) is 14.7. The molecule has 0 aliphatic rings. The van der Waals surface area contributed by atoms with Crippen molar-refractivity contribution < 1.29 is 9.13 Å². The van der Waals surface area contributed by atoms with E-state index in [1.165, 1.54) is 22.9 Å². The van der Waals surface area contributed by atoms with Crippen molar-refractivity contribution in [1.82, 2.24) is 5.32 Å². The quantitative estimate of drug-likeness (QED) is 0.327. The molecule has 0 saturated carbocycles. The van der Waals surface area contributed by atoms with Crippen LogP contribution in [0, 0.1) is 5.82 Å². The van der Waals surface area contributed by atoms with E-state index in [9.17, 15) is 4.39 Å². The Labute approximate surface area is 181 Å². The maximum atomic E-state index is 13.1. The highest BCUT2D eigenvalue weighted by molar-refractivity contribution is 6.31. The highest BCUT2D eigenvalue weighted by Crippen LogP contribution is 2.29. The summed E-state index contributed by atoms with van der Waals surface area (Å²) in [5.74, 6) is 0.644. The molecule has 0 bridgehead atoms. The second-order valence-electron chi connectivity index (χ2n) is 7.20. The molecule has 30 heavy (non-hydrogen) atoms. The number of benzene rings is 4. The minimum Gasteiger partial charge on any atom is -0.488 e.